The monoisotopic (exact) mass is 424 g/mol. The molecule has 156 valence electrons. The van der Waals surface area contributed by atoms with Crippen LogP contribution in [0.4, 0.5) is 10.1 Å². The van der Waals surface area contributed by atoms with E-state index in [-0.39, 0.29) is 5.82 Å². The number of nitrogens with one attached hydrogen (secondary N) is 2. The Bertz CT molecular complexity index is 1140. The summed E-state index contributed by atoms with van der Waals surface area (Å²) in [6.07, 6.45) is 5.90. The van der Waals surface area contributed by atoms with Crippen molar-refractivity contribution in [3.05, 3.63) is 71.3 Å². The summed E-state index contributed by atoms with van der Waals surface area (Å²) < 4.78 is 13.7. The van der Waals surface area contributed by atoms with Crippen LogP contribution in [0.1, 0.15) is 25.3 Å². The first-order chi connectivity index (χ1) is 14.6. The lowest BCUT2D eigenvalue weighted by molar-refractivity contribution is 0.266. The number of hydrogen-bond donors (Lipinski definition) is 2. The second-order valence-corrected chi connectivity index (χ2v) is 8.02. The Kier molecular flexibility index (Phi) is 6.50. The molecule has 0 aliphatic rings. The fraction of sp³-hybridized carbons (Fsp3) is 0.292. The minimum absolute atomic E-state index is 0.194. The standard InChI is InChI=1S/C24H26ClFN4/c1-2-11-30(16-17-15-29-22-7-5-19(26)14-21(17)22)12-3-9-27-23-8-10-28-24-13-18(25)4-6-20(23)24/h4-8,10,13-15,29H,2-3,9,11-12,16H2,1H3,(H,27,28). The molecule has 30 heavy (non-hydrogen) atoms. The van der Waals surface area contributed by atoms with Gasteiger partial charge < -0.3 is 10.3 Å². The van der Waals surface area contributed by atoms with E-state index in [1.54, 1.807) is 18.3 Å². The molecule has 0 aliphatic carbocycles. The Morgan fingerprint density at radius 2 is 2.00 bits per heavy atom. The summed E-state index contributed by atoms with van der Waals surface area (Å²) >= 11 is 6.08. The van der Waals surface area contributed by atoms with Crippen LogP contribution in [0.5, 0.6) is 0 Å². The van der Waals surface area contributed by atoms with Crippen molar-refractivity contribution in [3.63, 3.8) is 0 Å². The molecule has 4 rings (SSSR count). The molecule has 0 bridgehead atoms. The molecule has 0 aliphatic heterocycles. The Balaban J connectivity index is 1.37. The average molecular weight is 425 g/mol. The number of H-pyrrole nitrogens is 1. The normalized spacial score (nSPS) is 11.6. The number of aromatic amines is 1. The van der Waals surface area contributed by atoms with Gasteiger partial charge in [0.25, 0.3) is 0 Å². The second-order valence-electron chi connectivity index (χ2n) is 7.58. The number of aromatic nitrogens is 2. The van der Waals surface area contributed by atoms with E-state index >= 15 is 0 Å². The molecule has 2 aromatic heterocycles. The summed E-state index contributed by atoms with van der Waals surface area (Å²) in [5.74, 6) is -0.194. The van der Waals surface area contributed by atoms with Crippen molar-refractivity contribution in [2.45, 2.75) is 26.3 Å². The van der Waals surface area contributed by atoms with Gasteiger partial charge in [-0.05, 0) is 67.4 Å². The van der Waals surface area contributed by atoms with Crippen LogP contribution in [0.3, 0.4) is 0 Å². The van der Waals surface area contributed by atoms with Crippen LogP contribution < -0.4 is 5.32 Å². The molecule has 0 saturated carbocycles. The highest BCUT2D eigenvalue weighted by molar-refractivity contribution is 6.31. The lowest BCUT2D eigenvalue weighted by Crippen LogP contribution is -2.26. The molecule has 0 unspecified atom stereocenters. The molecule has 0 amide bonds. The number of hydrogen-bond acceptors (Lipinski definition) is 3. The smallest absolute Gasteiger partial charge is 0.123 e. The minimum atomic E-state index is -0.194. The summed E-state index contributed by atoms with van der Waals surface area (Å²) in [5, 5.41) is 6.27. The molecule has 0 atom stereocenters. The Morgan fingerprint density at radius 3 is 2.87 bits per heavy atom. The van der Waals surface area contributed by atoms with Gasteiger partial charge in [0, 0.05) is 59.0 Å². The van der Waals surface area contributed by atoms with Crippen LogP contribution in [0.2, 0.25) is 5.02 Å². The molecule has 0 spiro atoms. The van der Waals surface area contributed by atoms with E-state index in [1.165, 1.54) is 6.07 Å². The van der Waals surface area contributed by atoms with Gasteiger partial charge in [0.15, 0.2) is 0 Å². The Hall–Kier alpha value is -2.63. The summed E-state index contributed by atoms with van der Waals surface area (Å²) in [7, 11) is 0. The number of benzene rings is 2. The molecule has 2 aromatic carbocycles. The van der Waals surface area contributed by atoms with Crippen molar-refractivity contribution < 1.29 is 4.39 Å². The molecular weight excluding hydrogens is 399 g/mol. The third-order valence-corrected chi connectivity index (χ3v) is 5.57. The summed E-state index contributed by atoms with van der Waals surface area (Å²) in [4.78, 5) is 10.1. The fourth-order valence-electron chi connectivity index (χ4n) is 3.91. The van der Waals surface area contributed by atoms with Crippen LogP contribution in [-0.4, -0.2) is 34.5 Å². The summed E-state index contributed by atoms with van der Waals surface area (Å²) in [6, 6.07) is 12.7. The van der Waals surface area contributed by atoms with Gasteiger partial charge in [0.05, 0.1) is 5.52 Å². The van der Waals surface area contributed by atoms with Crippen molar-refractivity contribution in [2.24, 2.45) is 0 Å². The first kappa shape index (κ1) is 20.6. The van der Waals surface area contributed by atoms with Gasteiger partial charge >= 0.3 is 0 Å². The lowest BCUT2D eigenvalue weighted by Gasteiger charge is -2.21. The number of halogens is 2. The van der Waals surface area contributed by atoms with E-state index in [9.17, 15) is 4.39 Å². The summed E-state index contributed by atoms with van der Waals surface area (Å²) in [5.41, 5.74) is 4.09. The van der Waals surface area contributed by atoms with Crippen molar-refractivity contribution in [1.82, 2.24) is 14.9 Å². The second kappa shape index (κ2) is 9.45. The van der Waals surface area contributed by atoms with E-state index in [2.05, 4.69) is 27.1 Å². The molecule has 0 fully saturated rings. The minimum Gasteiger partial charge on any atom is -0.384 e. The number of rotatable bonds is 9. The van der Waals surface area contributed by atoms with E-state index in [0.29, 0.717) is 5.02 Å². The van der Waals surface area contributed by atoms with Gasteiger partial charge in [-0.15, -0.1) is 0 Å². The first-order valence-corrected chi connectivity index (χ1v) is 10.8. The number of nitrogens with zero attached hydrogens (tertiary/aromatic N) is 2. The predicted molar refractivity (Wildman–Crippen MR) is 124 cm³/mol. The molecule has 0 radical (unpaired) electrons. The van der Waals surface area contributed by atoms with Gasteiger partial charge in [-0.25, -0.2) is 4.39 Å². The van der Waals surface area contributed by atoms with Crippen LogP contribution in [0.15, 0.2) is 54.9 Å². The van der Waals surface area contributed by atoms with Crippen LogP contribution >= 0.6 is 11.6 Å². The van der Waals surface area contributed by atoms with Crippen molar-refractivity contribution in [1.29, 1.82) is 0 Å². The highest BCUT2D eigenvalue weighted by Crippen LogP contribution is 2.24. The number of anilines is 1. The SMILES string of the molecule is CCCN(CCCNc1ccnc2cc(Cl)ccc12)Cc1c[nH]c2ccc(F)cc12. The Labute approximate surface area is 181 Å². The maximum Gasteiger partial charge on any atom is 0.123 e. The van der Waals surface area contributed by atoms with Crippen molar-refractivity contribution in [2.75, 3.05) is 25.0 Å². The zero-order valence-electron chi connectivity index (χ0n) is 17.1. The fourth-order valence-corrected chi connectivity index (χ4v) is 4.08. The Morgan fingerprint density at radius 1 is 1.10 bits per heavy atom. The highest BCUT2D eigenvalue weighted by atomic mass is 35.5. The predicted octanol–water partition coefficient (Wildman–Crippen LogP) is 6.22. The van der Waals surface area contributed by atoms with Gasteiger partial charge in [-0.2, -0.15) is 0 Å². The van der Waals surface area contributed by atoms with Crippen LogP contribution in [0.25, 0.3) is 21.8 Å². The maximum absolute atomic E-state index is 13.7. The van der Waals surface area contributed by atoms with Crippen LogP contribution in [-0.2, 0) is 6.54 Å². The molecular formula is C24H26ClFN4. The largest absolute Gasteiger partial charge is 0.384 e. The average Bonchev–Trinajstić information content (AvgIpc) is 3.12. The topological polar surface area (TPSA) is 44.0 Å². The van der Waals surface area contributed by atoms with Gasteiger partial charge in [-0.3, -0.25) is 9.88 Å². The molecule has 4 nitrogen and oxygen atoms in total. The third-order valence-electron chi connectivity index (χ3n) is 5.33. The van der Waals surface area contributed by atoms with E-state index in [0.717, 1.165) is 72.1 Å². The lowest BCUT2D eigenvalue weighted by atomic mass is 10.1. The molecule has 2 N–H and O–H groups in total. The zero-order valence-corrected chi connectivity index (χ0v) is 17.8. The molecule has 6 heteroatoms. The van der Waals surface area contributed by atoms with E-state index in [4.69, 9.17) is 11.6 Å². The maximum atomic E-state index is 13.7. The van der Waals surface area contributed by atoms with Crippen molar-refractivity contribution in [3.8, 4) is 0 Å². The first-order valence-electron chi connectivity index (χ1n) is 10.4. The van der Waals surface area contributed by atoms with E-state index < -0.39 is 0 Å². The number of fused-ring (bicyclic) bond motifs is 2. The zero-order chi connectivity index (χ0) is 20.9. The molecule has 2 heterocycles. The number of pyridine rings is 1. The summed E-state index contributed by atoms with van der Waals surface area (Å²) in [6.45, 7) is 5.85. The van der Waals surface area contributed by atoms with Gasteiger partial charge in [0.2, 0.25) is 0 Å². The van der Waals surface area contributed by atoms with Crippen molar-refractivity contribution >= 4 is 39.1 Å². The van der Waals surface area contributed by atoms with Gasteiger partial charge in [0.1, 0.15) is 5.82 Å². The van der Waals surface area contributed by atoms with E-state index in [1.807, 2.05) is 30.5 Å². The van der Waals surface area contributed by atoms with Gasteiger partial charge in [-0.1, -0.05) is 18.5 Å². The van der Waals surface area contributed by atoms with Crippen LogP contribution in [0, 0.1) is 5.82 Å². The molecule has 0 saturated heterocycles. The quantitative estimate of drug-likeness (QED) is 0.313. The molecule has 4 aromatic rings. The highest BCUT2D eigenvalue weighted by Gasteiger charge is 2.10. The third kappa shape index (κ3) is 4.74.